The van der Waals surface area contributed by atoms with E-state index in [2.05, 4.69) is 0 Å². The van der Waals surface area contributed by atoms with Crippen LogP contribution in [0, 0.1) is 6.92 Å². The highest BCUT2D eigenvalue weighted by molar-refractivity contribution is 7.90. The van der Waals surface area contributed by atoms with Crippen LogP contribution in [-0.2, 0) is 15.6 Å². The molecule has 0 aromatic heterocycles. The van der Waals surface area contributed by atoms with Gasteiger partial charge < -0.3 is 0 Å². The Morgan fingerprint density at radius 3 is 2.06 bits per heavy atom. The van der Waals surface area contributed by atoms with Crippen molar-refractivity contribution in [2.75, 3.05) is 0 Å². The van der Waals surface area contributed by atoms with Gasteiger partial charge >= 0.3 is 0 Å². The zero-order chi connectivity index (χ0) is 13.2. The highest BCUT2D eigenvalue weighted by atomic mass is 35.5. The van der Waals surface area contributed by atoms with Crippen molar-refractivity contribution >= 4 is 21.4 Å². The lowest BCUT2D eigenvalue weighted by Crippen LogP contribution is -2.04. The van der Waals surface area contributed by atoms with Gasteiger partial charge in [-0.2, -0.15) is 0 Å². The zero-order valence-corrected chi connectivity index (χ0v) is 11.5. The SMILES string of the molecule is Cc1ccc(CS(=O)(=O)c2ccc(Cl)cc2)cc1. The molecule has 0 aliphatic carbocycles. The van der Waals surface area contributed by atoms with Crippen molar-refractivity contribution in [3.63, 3.8) is 0 Å². The Hall–Kier alpha value is -1.32. The minimum absolute atomic E-state index is 0.00884. The fourth-order valence-electron chi connectivity index (χ4n) is 1.63. The van der Waals surface area contributed by atoms with Gasteiger partial charge in [0, 0.05) is 5.02 Å². The van der Waals surface area contributed by atoms with E-state index in [1.165, 1.54) is 12.1 Å². The monoisotopic (exact) mass is 280 g/mol. The van der Waals surface area contributed by atoms with E-state index in [9.17, 15) is 8.42 Å². The first-order chi connectivity index (χ1) is 8.47. The van der Waals surface area contributed by atoms with Crippen molar-refractivity contribution in [3.05, 3.63) is 64.7 Å². The van der Waals surface area contributed by atoms with E-state index in [0.29, 0.717) is 9.92 Å². The second kappa shape index (κ2) is 5.12. The maximum Gasteiger partial charge on any atom is 0.182 e. The Kier molecular flexibility index (Phi) is 3.73. The minimum Gasteiger partial charge on any atom is -0.223 e. The fourth-order valence-corrected chi connectivity index (χ4v) is 3.10. The van der Waals surface area contributed by atoms with Crippen LogP contribution in [0.25, 0.3) is 0 Å². The summed E-state index contributed by atoms with van der Waals surface area (Å²) in [6, 6.07) is 13.7. The summed E-state index contributed by atoms with van der Waals surface area (Å²) in [6.45, 7) is 1.97. The van der Waals surface area contributed by atoms with Gasteiger partial charge in [-0.15, -0.1) is 0 Å². The number of sulfone groups is 1. The van der Waals surface area contributed by atoms with Crippen molar-refractivity contribution in [3.8, 4) is 0 Å². The van der Waals surface area contributed by atoms with E-state index in [-0.39, 0.29) is 5.75 Å². The average Bonchev–Trinajstić information content (AvgIpc) is 2.32. The summed E-state index contributed by atoms with van der Waals surface area (Å²) in [5.41, 5.74) is 1.90. The van der Waals surface area contributed by atoms with Crippen LogP contribution in [0.2, 0.25) is 5.02 Å². The van der Waals surface area contributed by atoms with Crippen LogP contribution < -0.4 is 0 Å². The van der Waals surface area contributed by atoms with Crippen LogP contribution in [0.1, 0.15) is 11.1 Å². The van der Waals surface area contributed by atoms with E-state index in [1.54, 1.807) is 12.1 Å². The van der Waals surface area contributed by atoms with E-state index < -0.39 is 9.84 Å². The van der Waals surface area contributed by atoms with Gasteiger partial charge in [0.25, 0.3) is 0 Å². The summed E-state index contributed by atoms with van der Waals surface area (Å²) >= 11 is 5.74. The largest absolute Gasteiger partial charge is 0.223 e. The minimum atomic E-state index is -3.30. The second-order valence-electron chi connectivity index (χ2n) is 4.20. The van der Waals surface area contributed by atoms with E-state index in [4.69, 9.17) is 11.6 Å². The van der Waals surface area contributed by atoms with Gasteiger partial charge in [-0.05, 0) is 36.8 Å². The van der Waals surface area contributed by atoms with Crippen molar-refractivity contribution in [2.45, 2.75) is 17.6 Å². The van der Waals surface area contributed by atoms with Crippen LogP contribution >= 0.6 is 11.6 Å². The molecule has 0 saturated heterocycles. The number of benzene rings is 2. The average molecular weight is 281 g/mol. The van der Waals surface area contributed by atoms with Crippen molar-refractivity contribution in [1.82, 2.24) is 0 Å². The van der Waals surface area contributed by atoms with Crippen LogP contribution in [0.15, 0.2) is 53.4 Å². The predicted octanol–water partition coefficient (Wildman–Crippen LogP) is 3.62. The lowest BCUT2D eigenvalue weighted by Gasteiger charge is -2.05. The molecule has 18 heavy (non-hydrogen) atoms. The summed E-state index contributed by atoms with van der Waals surface area (Å²) in [6.07, 6.45) is 0. The van der Waals surface area contributed by atoms with Crippen molar-refractivity contribution < 1.29 is 8.42 Å². The molecule has 0 atom stereocenters. The summed E-state index contributed by atoms with van der Waals surface area (Å²) in [5.74, 6) is 0.00884. The molecule has 0 saturated carbocycles. The topological polar surface area (TPSA) is 34.1 Å². The molecular weight excluding hydrogens is 268 g/mol. The van der Waals surface area contributed by atoms with E-state index in [1.807, 2.05) is 31.2 Å². The summed E-state index contributed by atoms with van der Waals surface area (Å²) in [4.78, 5) is 0.299. The third-order valence-corrected chi connectivity index (χ3v) is 4.61. The first kappa shape index (κ1) is 13.1. The lowest BCUT2D eigenvalue weighted by atomic mass is 10.2. The van der Waals surface area contributed by atoms with Gasteiger partial charge in [-0.25, -0.2) is 8.42 Å². The predicted molar refractivity (Wildman–Crippen MR) is 73.5 cm³/mol. The fraction of sp³-hybridized carbons (Fsp3) is 0.143. The zero-order valence-electron chi connectivity index (χ0n) is 9.93. The highest BCUT2D eigenvalue weighted by Crippen LogP contribution is 2.19. The lowest BCUT2D eigenvalue weighted by molar-refractivity contribution is 0.595. The van der Waals surface area contributed by atoms with Crippen LogP contribution in [0.5, 0.6) is 0 Å². The van der Waals surface area contributed by atoms with Gasteiger partial charge in [0.05, 0.1) is 10.6 Å². The highest BCUT2D eigenvalue weighted by Gasteiger charge is 2.14. The standard InChI is InChI=1S/C14H13ClO2S/c1-11-2-4-12(5-3-11)10-18(16,17)14-8-6-13(15)7-9-14/h2-9H,10H2,1H3. The van der Waals surface area contributed by atoms with Crippen LogP contribution in [-0.4, -0.2) is 8.42 Å². The van der Waals surface area contributed by atoms with Gasteiger partial charge in [0.2, 0.25) is 0 Å². The molecule has 0 N–H and O–H groups in total. The van der Waals surface area contributed by atoms with E-state index in [0.717, 1.165) is 11.1 Å². The maximum absolute atomic E-state index is 12.2. The molecule has 2 nitrogen and oxygen atoms in total. The number of rotatable bonds is 3. The number of halogens is 1. The Morgan fingerprint density at radius 2 is 1.50 bits per heavy atom. The van der Waals surface area contributed by atoms with Crippen molar-refractivity contribution in [2.24, 2.45) is 0 Å². The van der Waals surface area contributed by atoms with Gasteiger partial charge in [-0.1, -0.05) is 41.4 Å². The molecule has 0 spiro atoms. The Balaban J connectivity index is 2.27. The molecule has 2 aromatic rings. The van der Waals surface area contributed by atoms with E-state index >= 15 is 0 Å². The Morgan fingerprint density at radius 1 is 0.944 bits per heavy atom. The molecule has 2 aromatic carbocycles. The van der Waals surface area contributed by atoms with Crippen LogP contribution in [0.4, 0.5) is 0 Å². The first-order valence-electron chi connectivity index (χ1n) is 5.51. The third-order valence-electron chi connectivity index (χ3n) is 2.65. The van der Waals surface area contributed by atoms with Gasteiger partial charge in [0.15, 0.2) is 9.84 Å². The van der Waals surface area contributed by atoms with Gasteiger partial charge in [0.1, 0.15) is 0 Å². The molecule has 2 rings (SSSR count). The molecule has 0 heterocycles. The molecule has 0 aliphatic rings. The van der Waals surface area contributed by atoms with Gasteiger partial charge in [-0.3, -0.25) is 0 Å². The molecule has 0 bridgehead atoms. The third kappa shape index (κ3) is 3.12. The molecule has 4 heteroatoms. The number of hydrogen-bond acceptors (Lipinski definition) is 2. The Labute approximate surface area is 112 Å². The summed E-state index contributed by atoms with van der Waals surface area (Å²) < 4.78 is 24.3. The second-order valence-corrected chi connectivity index (χ2v) is 6.62. The summed E-state index contributed by atoms with van der Waals surface area (Å²) in [7, 11) is -3.30. The smallest absolute Gasteiger partial charge is 0.182 e. The Bertz CT molecular complexity index is 628. The molecule has 0 radical (unpaired) electrons. The summed E-state index contributed by atoms with van der Waals surface area (Å²) in [5, 5.41) is 0.532. The molecule has 0 fully saturated rings. The number of hydrogen-bond donors (Lipinski definition) is 0. The normalized spacial score (nSPS) is 11.4. The quantitative estimate of drug-likeness (QED) is 0.860. The molecular formula is C14H13ClO2S. The number of aryl methyl sites for hydroxylation is 1. The first-order valence-corrected chi connectivity index (χ1v) is 7.54. The molecule has 0 amide bonds. The van der Waals surface area contributed by atoms with Crippen LogP contribution in [0.3, 0.4) is 0 Å². The molecule has 0 unspecified atom stereocenters. The molecule has 0 aliphatic heterocycles. The molecule has 94 valence electrons. The maximum atomic E-state index is 12.2. The van der Waals surface area contributed by atoms with Crippen molar-refractivity contribution in [1.29, 1.82) is 0 Å².